The lowest BCUT2D eigenvalue weighted by molar-refractivity contribution is 0.306. The zero-order chi connectivity index (χ0) is 14.8. The lowest BCUT2D eigenvalue weighted by atomic mass is 10.2. The molecule has 0 fully saturated rings. The number of nitrogens with one attached hydrogen (secondary N) is 1. The van der Waals surface area contributed by atoms with Gasteiger partial charge in [0.05, 0.1) is 10.9 Å². The van der Waals surface area contributed by atoms with E-state index in [-0.39, 0.29) is 5.39 Å². The number of fused-ring (bicyclic) bond motifs is 1. The molecular formula is C15H10BrNO4. The Hall–Kier alpha value is -2.34. The van der Waals surface area contributed by atoms with Crippen molar-refractivity contribution >= 4 is 26.8 Å². The molecule has 0 saturated heterocycles. The van der Waals surface area contributed by atoms with Crippen LogP contribution in [0.3, 0.4) is 0 Å². The summed E-state index contributed by atoms with van der Waals surface area (Å²) >= 11 is 3.39. The van der Waals surface area contributed by atoms with Crippen molar-refractivity contribution in [2.24, 2.45) is 0 Å². The highest BCUT2D eigenvalue weighted by Crippen LogP contribution is 2.18. The summed E-state index contributed by atoms with van der Waals surface area (Å²) < 4.78 is 11.1. The third kappa shape index (κ3) is 3.05. The quantitative estimate of drug-likeness (QED) is 0.790. The van der Waals surface area contributed by atoms with E-state index in [0.717, 1.165) is 10.0 Å². The highest BCUT2D eigenvalue weighted by Gasteiger charge is 2.05. The third-order valence-electron chi connectivity index (χ3n) is 2.93. The van der Waals surface area contributed by atoms with Crippen LogP contribution in [-0.4, -0.2) is 4.98 Å². The monoisotopic (exact) mass is 347 g/mol. The largest absolute Gasteiger partial charge is 0.489 e. The Morgan fingerprint density at radius 2 is 2.00 bits per heavy atom. The van der Waals surface area contributed by atoms with Gasteiger partial charge in [0.1, 0.15) is 12.4 Å². The van der Waals surface area contributed by atoms with Gasteiger partial charge in [-0.3, -0.25) is 4.98 Å². The topological polar surface area (TPSA) is 72.3 Å². The number of benzene rings is 2. The Morgan fingerprint density at radius 3 is 2.81 bits per heavy atom. The Labute approximate surface area is 127 Å². The van der Waals surface area contributed by atoms with E-state index < -0.39 is 11.4 Å². The first kappa shape index (κ1) is 13.6. The molecule has 0 aliphatic rings. The second-order valence-corrected chi connectivity index (χ2v) is 5.34. The van der Waals surface area contributed by atoms with Gasteiger partial charge in [0.25, 0.3) is 0 Å². The fourth-order valence-corrected chi connectivity index (χ4v) is 2.41. The summed E-state index contributed by atoms with van der Waals surface area (Å²) in [7, 11) is 0. The minimum atomic E-state index is -0.768. The summed E-state index contributed by atoms with van der Waals surface area (Å²) in [5, 5.41) is 0.279. The molecule has 1 N–H and O–H groups in total. The number of hydrogen-bond acceptors (Lipinski definition) is 4. The molecule has 0 amide bonds. The van der Waals surface area contributed by atoms with Gasteiger partial charge in [-0.1, -0.05) is 28.1 Å². The maximum atomic E-state index is 11.6. The highest BCUT2D eigenvalue weighted by atomic mass is 79.9. The second-order valence-electron chi connectivity index (χ2n) is 4.43. The number of aromatic nitrogens is 1. The lowest BCUT2D eigenvalue weighted by Crippen LogP contribution is -2.14. The summed E-state index contributed by atoms with van der Waals surface area (Å²) in [6.07, 6.45) is 0. The first-order chi connectivity index (χ1) is 10.1. The molecule has 21 heavy (non-hydrogen) atoms. The van der Waals surface area contributed by atoms with Crippen molar-refractivity contribution in [1.29, 1.82) is 0 Å². The van der Waals surface area contributed by atoms with Crippen LogP contribution in [0.25, 0.3) is 10.9 Å². The molecule has 0 aliphatic carbocycles. The molecule has 2 aromatic carbocycles. The van der Waals surface area contributed by atoms with Crippen LogP contribution in [0.2, 0.25) is 0 Å². The van der Waals surface area contributed by atoms with Crippen LogP contribution in [0.1, 0.15) is 5.56 Å². The number of ether oxygens (including phenoxy) is 1. The molecule has 106 valence electrons. The molecule has 0 saturated carbocycles. The number of aromatic amines is 1. The summed E-state index contributed by atoms with van der Waals surface area (Å²) in [6, 6.07) is 12.6. The van der Waals surface area contributed by atoms with Crippen molar-refractivity contribution in [3.8, 4) is 5.75 Å². The summed E-state index contributed by atoms with van der Waals surface area (Å²) in [6.45, 7) is 0.375. The number of rotatable bonds is 3. The summed E-state index contributed by atoms with van der Waals surface area (Å²) in [4.78, 5) is 25.2. The van der Waals surface area contributed by atoms with E-state index >= 15 is 0 Å². The predicted octanol–water partition coefficient (Wildman–Crippen LogP) is 2.82. The van der Waals surface area contributed by atoms with Crippen molar-refractivity contribution in [1.82, 2.24) is 4.98 Å². The molecule has 0 spiro atoms. The van der Waals surface area contributed by atoms with Gasteiger partial charge in [0.2, 0.25) is 0 Å². The van der Waals surface area contributed by atoms with E-state index in [4.69, 9.17) is 4.74 Å². The van der Waals surface area contributed by atoms with Crippen molar-refractivity contribution in [2.45, 2.75) is 6.61 Å². The zero-order valence-corrected chi connectivity index (χ0v) is 12.3. The van der Waals surface area contributed by atoms with Crippen LogP contribution >= 0.6 is 15.9 Å². The van der Waals surface area contributed by atoms with E-state index in [9.17, 15) is 9.59 Å². The lowest BCUT2D eigenvalue weighted by Gasteiger charge is -2.07. The molecule has 6 heteroatoms. The third-order valence-corrected chi connectivity index (χ3v) is 3.42. The first-order valence-corrected chi connectivity index (χ1v) is 6.95. The van der Waals surface area contributed by atoms with Gasteiger partial charge in [-0.2, -0.15) is 0 Å². The van der Waals surface area contributed by atoms with Gasteiger partial charge in [-0.25, -0.2) is 9.59 Å². The molecule has 5 nitrogen and oxygen atoms in total. The maximum absolute atomic E-state index is 11.6. The van der Waals surface area contributed by atoms with Gasteiger partial charge >= 0.3 is 11.4 Å². The smallest absolute Gasteiger partial charge is 0.419 e. The second kappa shape index (κ2) is 5.57. The molecule has 0 bridgehead atoms. The molecule has 1 heterocycles. The minimum Gasteiger partial charge on any atom is -0.489 e. The van der Waals surface area contributed by atoms with Gasteiger partial charge in [0, 0.05) is 4.47 Å². The first-order valence-electron chi connectivity index (χ1n) is 6.16. The van der Waals surface area contributed by atoms with Gasteiger partial charge in [-0.05, 0) is 35.9 Å². The van der Waals surface area contributed by atoms with Crippen LogP contribution in [-0.2, 0) is 6.61 Å². The molecule has 0 aliphatic heterocycles. The van der Waals surface area contributed by atoms with Crippen LogP contribution in [0.4, 0.5) is 0 Å². The molecule has 0 unspecified atom stereocenters. The van der Waals surface area contributed by atoms with Crippen molar-refractivity contribution in [2.75, 3.05) is 0 Å². The fraction of sp³-hybridized carbons (Fsp3) is 0.0667. The number of H-pyrrole nitrogens is 1. The predicted molar refractivity (Wildman–Crippen MR) is 81.6 cm³/mol. The van der Waals surface area contributed by atoms with E-state index in [2.05, 4.69) is 25.3 Å². The van der Waals surface area contributed by atoms with Crippen molar-refractivity contribution in [3.63, 3.8) is 0 Å². The average Bonchev–Trinajstić information content (AvgIpc) is 2.45. The zero-order valence-electron chi connectivity index (χ0n) is 10.8. The number of hydrogen-bond donors (Lipinski definition) is 1. The van der Waals surface area contributed by atoms with Crippen LogP contribution in [0.5, 0.6) is 5.75 Å². The Kier molecular flexibility index (Phi) is 3.62. The summed E-state index contributed by atoms with van der Waals surface area (Å²) in [5.74, 6) is -0.239. The molecule has 0 radical (unpaired) electrons. The summed E-state index contributed by atoms with van der Waals surface area (Å²) in [5.41, 5.74) is 0.741. The molecular weight excluding hydrogens is 338 g/mol. The molecule has 1 aromatic heterocycles. The van der Waals surface area contributed by atoms with E-state index in [0.29, 0.717) is 17.9 Å². The maximum Gasteiger partial charge on any atom is 0.419 e. The average molecular weight is 348 g/mol. The Balaban J connectivity index is 1.88. The van der Waals surface area contributed by atoms with Gasteiger partial charge < -0.3 is 9.15 Å². The molecule has 0 atom stereocenters. The van der Waals surface area contributed by atoms with Crippen LogP contribution < -0.4 is 16.1 Å². The van der Waals surface area contributed by atoms with Gasteiger partial charge in [0.15, 0.2) is 0 Å². The van der Waals surface area contributed by atoms with E-state index in [1.807, 2.05) is 24.3 Å². The minimum absolute atomic E-state index is 0.279. The standard InChI is InChI=1S/C15H10BrNO4/c16-10-3-1-2-9(6-10)8-20-11-4-5-13-12(7-11)14(18)21-15(19)17-13/h1-7H,8H2,(H,17,19). The van der Waals surface area contributed by atoms with Crippen molar-refractivity contribution < 1.29 is 9.15 Å². The van der Waals surface area contributed by atoms with Gasteiger partial charge in [-0.15, -0.1) is 0 Å². The number of halogens is 1. The molecule has 3 rings (SSSR count). The SMILES string of the molecule is O=c1[nH]c2ccc(OCc3cccc(Br)c3)cc2c(=O)o1. The van der Waals surface area contributed by atoms with Crippen LogP contribution in [0, 0.1) is 0 Å². The van der Waals surface area contributed by atoms with E-state index in [1.165, 1.54) is 0 Å². The Morgan fingerprint density at radius 1 is 1.14 bits per heavy atom. The normalized spacial score (nSPS) is 10.7. The van der Waals surface area contributed by atoms with Crippen LogP contribution in [0.15, 0.2) is 60.9 Å². The highest BCUT2D eigenvalue weighted by molar-refractivity contribution is 9.10. The van der Waals surface area contributed by atoms with Crippen molar-refractivity contribution in [3.05, 3.63) is 73.5 Å². The fourth-order valence-electron chi connectivity index (χ4n) is 1.96. The van der Waals surface area contributed by atoms with E-state index in [1.54, 1.807) is 18.2 Å². The Bertz CT molecular complexity index is 913. The molecule has 3 aromatic rings.